The molecule has 4 rings (SSSR count). The molecule has 3 aromatic carbocycles. The summed E-state index contributed by atoms with van der Waals surface area (Å²) in [6.07, 6.45) is 4.75. The maximum Gasteiger partial charge on any atom is 0.257 e. The number of carbonyl (C=O) groups is 3. The quantitative estimate of drug-likeness (QED) is 0.175. The minimum atomic E-state index is -0.394. The fraction of sp³-hybridized carbons (Fsp3) is 0.125. The highest BCUT2D eigenvalue weighted by Gasteiger charge is 2.16. The Bertz CT molecular complexity index is 1660. The van der Waals surface area contributed by atoms with Gasteiger partial charge >= 0.3 is 0 Å². The minimum Gasteiger partial charge on any atom is -0.385 e. The molecule has 8 nitrogen and oxygen atoms in total. The number of amides is 3. The van der Waals surface area contributed by atoms with Crippen molar-refractivity contribution in [2.45, 2.75) is 26.8 Å². The molecule has 216 valence electrons. The Balaban J connectivity index is 0.000000467. The number of carbonyl (C=O) groups excluding carboxylic acids is 3. The smallest absolute Gasteiger partial charge is 0.257 e. The maximum absolute atomic E-state index is 12.9. The number of hydrogen-bond acceptors (Lipinski definition) is 5. The summed E-state index contributed by atoms with van der Waals surface area (Å²) in [4.78, 5) is 39.9. The predicted molar refractivity (Wildman–Crippen MR) is 170 cm³/mol. The molecule has 10 heteroatoms. The lowest BCUT2D eigenvalue weighted by Crippen LogP contribution is -2.30. The molecular formula is C32H31Cl2N5O3. The monoisotopic (exact) mass is 603 g/mol. The largest absolute Gasteiger partial charge is 0.385 e. The third-order valence-corrected chi connectivity index (χ3v) is 6.31. The second-order valence-electron chi connectivity index (χ2n) is 9.39. The summed E-state index contributed by atoms with van der Waals surface area (Å²) in [7, 11) is 0. The molecular weight excluding hydrogens is 573 g/mol. The second-order valence-corrected chi connectivity index (χ2v) is 10.2. The Labute approximate surface area is 254 Å². The van der Waals surface area contributed by atoms with E-state index in [9.17, 15) is 14.4 Å². The number of benzene rings is 3. The summed E-state index contributed by atoms with van der Waals surface area (Å²) in [5.74, 6) is -0.498. The Kier molecular flexibility index (Phi) is 11.2. The zero-order valence-corrected chi connectivity index (χ0v) is 24.9. The molecule has 5 N–H and O–H groups in total. The van der Waals surface area contributed by atoms with Gasteiger partial charge in [-0.3, -0.25) is 19.4 Å². The number of anilines is 1. The lowest BCUT2D eigenvalue weighted by atomic mass is 10.0. The molecule has 1 heterocycles. The van der Waals surface area contributed by atoms with Crippen LogP contribution in [0.5, 0.6) is 0 Å². The van der Waals surface area contributed by atoms with Crippen LogP contribution in [0.2, 0.25) is 10.0 Å². The van der Waals surface area contributed by atoms with Crippen molar-refractivity contribution in [2.75, 3.05) is 5.32 Å². The highest BCUT2D eigenvalue weighted by atomic mass is 35.5. The lowest BCUT2D eigenvalue weighted by Gasteiger charge is -2.12. The number of fused-ring (bicyclic) bond motifs is 1. The van der Waals surface area contributed by atoms with Crippen LogP contribution in [0.1, 0.15) is 41.5 Å². The number of pyridine rings is 1. The van der Waals surface area contributed by atoms with E-state index < -0.39 is 5.91 Å². The van der Waals surface area contributed by atoms with Crippen molar-refractivity contribution in [3.05, 3.63) is 119 Å². The number of halogens is 2. The van der Waals surface area contributed by atoms with E-state index in [1.807, 2.05) is 44.2 Å². The van der Waals surface area contributed by atoms with Crippen molar-refractivity contribution in [1.29, 1.82) is 0 Å². The molecule has 0 unspecified atom stereocenters. The number of allylic oxidation sites excluding steroid dienone is 2. The average Bonchev–Trinajstić information content (AvgIpc) is 2.93. The van der Waals surface area contributed by atoms with Gasteiger partial charge in [-0.2, -0.15) is 0 Å². The first-order chi connectivity index (χ1) is 20.0. The Morgan fingerprint density at radius 2 is 1.69 bits per heavy atom. The molecule has 0 aliphatic heterocycles. The molecule has 3 amide bonds. The molecule has 0 spiro atoms. The van der Waals surface area contributed by atoms with Gasteiger partial charge in [0.15, 0.2) is 0 Å². The number of aromatic nitrogens is 1. The fourth-order valence-corrected chi connectivity index (χ4v) is 4.35. The van der Waals surface area contributed by atoms with Crippen molar-refractivity contribution in [1.82, 2.24) is 15.6 Å². The van der Waals surface area contributed by atoms with E-state index in [1.165, 1.54) is 31.2 Å². The van der Waals surface area contributed by atoms with E-state index in [2.05, 4.69) is 27.5 Å². The average molecular weight is 605 g/mol. The van der Waals surface area contributed by atoms with Gasteiger partial charge < -0.3 is 21.7 Å². The van der Waals surface area contributed by atoms with E-state index in [1.54, 1.807) is 30.5 Å². The summed E-state index contributed by atoms with van der Waals surface area (Å²) in [5.41, 5.74) is 7.88. The molecule has 0 aliphatic carbocycles. The van der Waals surface area contributed by atoms with Crippen LogP contribution in [0.25, 0.3) is 22.0 Å². The van der Waals surface area contributed by atoms with Crippen molar-refractivity contribution < 1.29 is 14.4 Å². The zero-order chi connectivity index (χ0) is 30.8. The van der Waals surface area contributed by atoms with E-state index in [-0.39, 0.29) is 28.4 Å². The van der Waals surface area contributed by atoms with E-state index in [0.717, 1.165) is 16.5 Å². The standard InChI is InChI=1S/C26H21Cl2N3O2.C6H10N2O/c1-15(2)30-25(32)17-7-9-20(23(28)13-17)26(33)31-18-8-10-22(27)21(14-18)24-19-6-4-3-5-16(19)11-12-29-24;1-3-4-6(7)8-5(2)9/h3-15H,1-2H3,(H,30,32)(H,31,33);3-4H,1,7H2,2H3,(H,8,9)/b;6-4+. The van der Waals surface area contributed by atoms with Gasteiger partial charge in [0.2, 0.25) is 5.91 Å². The second kappa shape index (κ2) is 14.8. The van der Waals surface area contributed by atoms with Gasteiger partial charge in [0.25, 0.3) is 11.8 Å². The molecule has 4 aromatic rings. The van der Waals surface area contributed by atoms with Crippen LogP contribution in [-0.4, -0.2) is 28.7 Å². The zero-order valence-electron chi connectivity index (χ0n) is 23.4. The van der Waals surface area contributed by atoms with Crippen LogP contribution in [0, 0.1) is 0 Å². The molecule has 0 saturated carbocycles. The molecule has 0 saturated heterocycles. The maximum atomic E-state index is 12.9. The molecule has 0 bridgehead atoms. The summed E-state index contributed by atoms with van der Waals surface area (Å²) < 4.78 is 0. The summed E-state index contributed by atoms with van der Waals surface area (Å²) >= 11 is 12.8. The van der Waals surface area contributed by atoms with Crippen LogP contribution in [-0.2, 0) is 4.79 Å². The highest BCUT2D eigenvalue weighted by molar-refractivity contribution is 6.35. The van der Waals surface area contributed by atoms with Crippen molar-refractivity contribution >= 4 is 57.4 Å². The third kappa shape index (κ3) is 8.67. The lowest BCUT2D eigenvalue weighted by molar-refractivity contribution is -0.118. The first kappa shape index (κ1) is 31.9. The van der Waals surface area contributed by atoms with Crippen molar-refractivity contribution in [2.24, 2.45) is 5.73 Å². The highest BCUT2D eigenvalue weighted by Crippen LogP contribution is 2.34. The fourth-order valence-electron chi connectivity index (χ4n) is 3.88. The summed E-state index contributed by atoms with van der Waals surface area (Å²) in [6.45, 7) is 8.53. The van der Waals surface area contributed by atoms with Crippen LogP contribution in [0.3, 0.4) is 0 Å². The van der Waals surface area contributed by atoms with Crippen molar-refractivity contribution in [3.63, 3.8) is 0 Å². The minimum absolute atomic E-state index is 0.00502. The van der Waals surface area contributed by atoms with Gasteiger partial charge in [-0.05, 0) is 67.8 Å². The van der Waals surface area contributed by atoms with E-state index in [4.69, 9.17) is 28.9 Å². The van der Waals surface area contributed by atoms with Gasteiger partial charge in [-0.25, -0.2) is 0 Å². The van der Waals surface area contributed by atoms with Crippen LogP contribution in [0.4, 0.5) is 5.69 Å². The molecule has 42 heavy (non-hydrogen) atoms. The first-order valence-corrected chi connectivity index (χ1v) is 13.7. The van der Waals surface area contributed by atoms with Gasteiger partial charge in [0.05, 0.1) is 21.3 Å². The van der Waals surface area contributed by atoms with Gasteiger partial charge in [0.1, 0.15) is 5.82 Å². The molecule has 1 aromatic heterocycles. The Morgan fingerprint density at radius 1 is 0.952 bits per heavy atom. The van der Waals surface area contributed by atoms with Gasteiger partial charge in [0, 0.05) is 41.4 Å². The number of rotatable bonds is 7. The molecule has 0 aliphatic rings. The van der Waals surface area contributed by atoms with Gasteiger partial charge in [-0.1, -0.05) is 60.1 Å². The SMILES string of the molecule is C=C/C=C(\N)NC(C)=O.CC(C)NC(=O)c1ccc(C(=O)Nc2ccc(Cl)c(-c3nccc4ccccc34)c2)c(Cl)c1. The summed E-state index contributed by atoms with van der Waals surface area (Å²) in [5, 5.41) is 10.7. The number of hydrogen-bond donors (Lipinski definition) is 4. The van der Waals surface area contributed by atoms with Crippen LogP contribution < -0.4 is 21.7 Å². The number of nitrogens with two attached hydrogens (primary N) is 1. The Morgan fingerprint density at radius 3 is 2.36 bits per heavy atom. The Hall–Kier alpha value is -4.66. The van der Waals surface area contributed by atoms with E-state index >= 15 is 0 Å². The van der Waals surface area contributed by atoms with Crippen molar-refractivity contribution in [3.8, 4) is 11.3 Å². The molecule has 0 fully saturated rings. The third-order valence-electron chi connectivity index (χ3n) is 5.67. The first-order valence-electron chi connectivity index (χ1n) is 12.9. The molecule has 0 atom stereocenters. The van der Waals surface area contributed by atoms with Gasteiger partial charge in [-0.15, -0.1) is 0 Å². The van der Waals surface area contributed by atoms with E-state index in [0.29, 0.717) is 27.7 Å². The topological polar surface area (TPSA) is 126 Å². The van der Waals surface area contributed by atoms with Crippen LogP contribution >= 0.6 is 23.2 Å². The normalized spacial score (nSPS) is 10.9. The number of nitrogens with zero attached hydrogens (tertiary/aromatic N) is 1. The predicted octanol–water partition coefficient (Wildman–Crippen LogP) is 6.71. The summed E-state index contributed by atoms with van der Waals surface area (Å²) in [6, 6.07) is 19.6. The molecule has 0 radical (unpaired) electrons. The number of nitrogens with one attached hydrogen (secondary N) is 3. The van der Waals surface area contributed by atoms with Crippen LogP contribution in [0.15, 0.2) is 97.5 Å².